The molecule has 2 fully saturated rings. The van der Waals surface area contributed by atoms with E-state index in [-0.39, 0.29) is 12.1 Å². The lowest BCUT2D eigenvalue weighted by Crippen LogP contribution is -2.39. The lowest BCUT2D eigenvalue weighted by molar-refractivity contribution is -0.347. The number of anilines is 2. The maximum atomic E-state index is 13.0. The highest BCUT2D eigenvalue weighted by molar-refractivity contribution is 5.81. The number of imidazole rings is 1. The lowest BCUT2D eigenvalue weighted by atomic mass is 9.92. The van der Waals surface area contributed by atoms with E-state index in [1.807, 2.05) is 0 Å². The standard InChI is InChI=1S/C24H31F3N8/c25-24(26,27)16-3-1-2-15(12-16)13-35-10-8-19(9-11-35)31-22-20-21(30-14-29-20)33-23(34-22)32-18-6-4-17(28)5-7-18/h1-3,12,14,17-19H,4-11,13,28H2,(H3,29,30,31,32,33,34)/p+1. The minimum absolute atomic E-state index is 0.217. The summed E-state index contributed by atoms with van der Waals surface area (Å²) in [4.78, 5) is 17.9. The zero-order valence-corrected chi connectivity index (χ0v) is 19.5. The zero-order valence-electron chi connectivity index (χ0n) is 19.5. The number of halogens is 3. The van der Waals surface area contributed by atoms with Crippen molar-refractivity contribution in [3.63, 3.8) is 0 Å². The van der Waals surface area contributed by atoms with E-state index >= 15 is 0 Å². The Morgan fingerprint density at radius 3 is 2.51 bits per heavy atom. The molecule has 3 heterocycles. The van der Waals surface area contributed by atoms with Crippen LogP contribution < -0.4 is 21.4 Å². The summed E-state index contributed by atoms with van der Waals surface area (Å²) in [6, 6.07) is 6.42. The minimum atomic E-state index is -4.32. The van der Waals surface area contributed by atoms with Gasteiger partial charge >= 0.3 is 17.8 Å². The predicted octanol–water partition coefficient (Wildman–Crippen LogP) is 3.55. The van der Waals surface area contributed by atoms with Crippen LogP contribution in [0, 0.1) is 0 Å². The first kappa shape index (κ1) is 23.8. The van der Waals surface area contributed by atoms with Gasteiger partial charge in [-0.15, -0.1) is 0 Å². The van der Waals surface area contributed by atoms with Gasteiger partial charge < -0.3 is 16.4 Å². The number of nitrogens with zero attached hydrogens (tertiary/aromatic N) is 3. The van der Waals surface area contributed by atoms with Gasteiger partial charge in [-0.05, 0) is 50.2 Å². The molecule has 35 heavy (non-hydrogen) atoms. The van der Waals surface area contributed by atoms with Crippen molar-refractivity contribution >= 4 is 22.9 Å². The van der Waals surface area contributed by atoms with E-state index in [1.165, 1.54) is 12.1 Å². The monoisotopic (exact) mass is 489 g/mol. The first-order valence-corrected chi connectivity index (χ1v) is 12.3. The third-order valence-electron chi connectivity index (χ3n) is 7.03. The van der Waals surface area contributed by atoms with Crippen molar-refractivity contribution in [1.82, 2.24) is 19.9 Å². The molecule has 2 aliphatic rings. The summed E-state index contributed by atoms with van der Waals surface area (Å²) < 4.78 is 39.1. The number of alkyl halides is 3. The van der Waals surface area contributed by atoms with Crippen LogP contribution >= 0.6 is 0 Å². The fraction of sp³-hybridized carbons (Fsp3) is 0.542. The van der Waals surface area contributed by atoms with Gasteiger partial charge in [-0.3, -0.25) is 9.88 Å². The molecule has 6 N–H and O–H groups in total. The van der Waals surface area contributed by atoms with Crippen molar-refractivity contribution in [3.8, 4) is 0 Å². The number of H-pyrrole nitrogens is 2. The highest BCUT2D eigenvalue weighted by Crippen LogP contribution is 2.30. The first-order valence-electron chi connectivity index (χ1n) is 12.3. The zero-order chi connectivity index (χ0) is 24.4. The van der Waals surface area contributed by atoms with Gasteiger partial charge in [-0.2, -0.15) is 18.2 Å². The number of aromatic amines is 2. The number of hydrogen-bond acceptors (Lipinski definition) is 6. The quantitative estimate of drug-likeness (QED) is 0.422. The highest BCUT2D eigenvalue weighted by atomic mass is 19.4. The SMILES string of the molecule is NC1CCC(Nc2nc(NC3CCN(Cc4cccc(C(F)(F)F)c4)CC3)c3[nH]c[nH+]c3n2)CC1. The lowest BCUT2D eigenvalue weighted by Gasteiger charge is -2.32. The molecular weight excluding hydrogens is 457 g/mol. The van der Waals surface area contributed by atoms with E-state index in [4.69, 9.17) is 10.7 Å². The largest absolute Gasteiger partial charge is 0.416 e. The predicted molar refractivity (Wildman–Crippen MR) is 128 cm³/mol. The molecule has 5 rings (SSSR count). The summed E-state index contributed by atoms with van der Waals surface area (Å²) in [6.45, 7) is 2.11. The molecule has 188 valence electrons. The summed E-state index contributed by atoms with van der Waals surface area (Å²) in [5.41, 5.74) is 7.68. The summed E-state index contributed by atoms with van der Waals surface area (Å²) in [5.74, 6) is 1.35. The molecule has 1 aliphatic heterocycles. The first-order chi connectivity index (χ1) is 16.8. The van der Waals surface area contributed by atoms with E-state index in [9.17, 15) is 13.2 Å². The van der Waals surface area contributed by atoms with E-state index in [2.05, 4.69) is 30.5 Å². The van der Waals surface area contributed by atoms with Crippen molar-refractivity contribution in [2.24, 2.45) is 5.73 Å². The maximum Gasteiger partial charge on any atom is 0.416 e. The minimum Gasteiger partial charge on any atom is -0.364 e. The second-order valence-corrected chi connectivity index (χ2v) is 9.70. The van der Waals surface area contributed by atoms with Crippen molar-refractivity contribution < 1.29 is 18.2 Å². The van der Waals surface area contributed by atoms with Crippen LogP contribution in [0.1, 0.15) is 49.7 Å². The normalized spacial score (nSPS) is 22.4. The van der Waals surface area contributed by atoms with Crippen LogP contribution in [0.15, 0.2) is 30.6 Å². The summed E-state index contributed by atoms with van der Waals surface area (Å²) in [7, 11) is 0. The number of nitrogens with two attached hydrogens (primary N) is 1. The van der Waals surface area contributed by atoms with E-state index in [0.717, 1.165) is 74.7 Å². The fourth-order valence-electron chi connectivity index (χ4n) is 5.03. The summed E-state index contributed by atoms with van der Waals surface area (Å²) >= 11 is 0. The number of likely N-dealkylation sites (tertiary alicyclic amines) is 1. The Bertz CT molecular complexity index is 1130. The van der Waals surface area contributed by atoms with Gasteiger partial charge in [0.15, 0.2) is 12.1 Å². The van der Waals surface area contributed by atoms with Gasteiger partial charge in [0.25, 0.3) is 0 Å². The van der Waals surface area contributed by atoms with E-state index in [1.54, 1.807) is 12.4 Å². The number of nitrogens with one attached hydrogen (secondary N) is 4. The molecule has 0 bridgehead atoms. The van der Waals surface area contributed by atoms with Gasteiger partial charge in [0.1, 0.15) is 0 Å². The molecule has 0 spiro atoms. The molecule has 1 saturated heterocycles. The van der Waals surface area contributed by atoms with Crippen LogP contribution in [0.5, 0.6) is 0 Å². The van der Waals surface area contributed by atoms with Gasteiger partial charge in [-0.1, -0.05) is 23.2 Å². The van der Waals surface area contributed by atoms with Crippen LogP contribution in [0.3, 0.4) is 0 Å². The third kappa shape index (κ3) is 5.84. The molecule has 1 aliphatic carbocycles. The summed E-state index contributed by atoms with van der Waals surface area (Å²) in [5, 5.41) is 7.04. The third-order valence-corrected chi connectivity index (χ3v) is 7.03. The molecular formula is C24H32F3N8+. The summed E-state index contributed by atoms with van der Waals surface area (Å²) in [6.07, 6.45) is 3.18. The van der Waals surface area contributed by atoms with E-state index < -0.39 is 11.7 Å². The number of benzene rings is 1. The number of hydrogen-bond donors (Lipinski definition) is 4. The van der Waals surface area contributed by atoms with Crippen molar-refractivity contribution in [2.75, 3.05) is 23.7 Å². The number of aromatic nitrogens is 4. The fourth-order valence-corrected chi connectivity index (χ4v) is 5.03. The highest BCUT2D eigenvalue weighted by Gasteiger charge is 2.31. The molecule has 1 aromatic carbocycles. The maximum absolute atomic E-state index is 13.0. The van der Waals surface area contributed by atoms with Crippen LogP contribution in [0.2, 0.25) is 0 Å². The number of fused-ring (bicyclic) bond motifs is 1. The van der Waals surface area contributed by atoms with Gasteiger partial charge in [0, 0.05) is 37.8 Å². The van der Waals surface area contributed by atoms with Crippen LogP contribution in [-0.4, -0.2) is 51.1 Å². The Kier molecular flexibility index (Phi) is 6.79. The van der Waals surface area contributed by atoms with Crippen LogP contribution in [-0.2, 0) is 12.7 Å². The Balaban J connectivity index is 1.20. The molecule has 8 nitrogen and oxygen atoms in total. The molecule has 0 radical (unpaired) electrons. The van der Waals surface area contributed by atoms with Crippen molar-refractivity contribution in [2.45, 2.75) is 69.4 Å². The van der Waals surface area contributed by atoms with Crippen molar-refractivity contribution in [3.05, 3.63) is 41.7 Å². The number of piperidine rings is 1. The molecule has 11 heteroatoms. The molecule has 1 saturated carbocycles. The molecule has 3 aromatic rings. The molecule has 2 aromatic heterocycles. The Morgan fingerprint density at radius 1 is 1.03 bits per heavy atom. The topological polar surface area (TPSA) is 109 Å². The van der Waals surface area contributed by atoms with Crippen LogP contribution in [0.25, 0.3) is 11.2 Å². The van der Waals surface area contributed by atoms with Crippen LogP contribution in [0.4, 0.5) is 24.9 Å². The Hall–Kier alpha value is -2.92. The Morgan fingerprint density at radius 2 is 1.77 bits per heavy atom. The van der Waals surface area contributed by atoms with Crippen molar-refractivity contribution in [1.29, 1.82) is 0 Å². The average molecular weight is 490 g/mol. The van der Waals surface area contributed by atoms with Gasteiger partial charge in [-0.25, -0.2) is 4.98 Å². The molecule has 0 unspecified atom stereocenters. The molecule has 0 amide bonds. The average Bonchev–Trinajstić information content (AvgIpc) is 3.31. The smallest absolute Gasteiger partial charge is 0.364 e. The second-order valence-electron chi connectivity index (χ2n) is 9.70. The Labute approximate surface area is 201 Å². The van der Waals surface area contributed by atoms with Gasteiger partial charge in [0.2, 0.25) is 5.52 Å². The van der Waals surface area contributed by atoms with Gasteiger partial charge in [0.05, 0.1) is 5.56 Å². The van der Waals surface area contributed by atoms with E-state index in [0.29, 0.717) is 24.1 Å². The second kappa shape index (κ2) is 9.98. The number of rotatable bonds is 6. The molecule has 0 atom stereocenters.